The molecule has 2 aromatic rings. The van der Waals surface area contributed by atoms with Gasteiger partial charge >= 0.3 is 0 Å². The maximum absolute atomic E-state index is 14.1. The normalized spacial score (nSPS) is 29.5. The van der Waals surface area contributed by atoms with Gasteiger partial charge in [-0.1, -0.05) is 78.9 Å². The van der Waals surface area contributed by atoms with Crippen molar-refractivity contribution in [2.45, 2.75) is 76.3 Å². The van der Waals surface area contributed by atoms with Crippen molar-refractivity contribution in [1.82, 2.24) is 10.2 Å². The number of fused-ring (bicyclic) bond motifs is 1. The van der Waals surface area contributed by atoms with E-state index in [1.165, 1.54) is 6.42 Å². The number of nitrogens with one attached hydrogen (secondary N) is 2. The number of hydrogen-bond acceptors (Lipinski definition) is 4. The zero-order valence-electron chi connectivity index (χ0n) is 22.3. The summed E-state index contributed by atoms with van der Waals surface area (Å²) in [4.78, 5) is 43.4. The summed E-state index contributed by atoms with van der Waals surface area (Å²) in [6.45, 7) is 4.17. The highest BCUT2D eigenvalue weighted by Gasteiger charge is 2.72. The molecule has 204 valence electrons. The number of aryl methyl sites for hydroxylation is 2. The van der Waals surface area contributed by atoms with Gasteiger partial charge in [-0.25, -0.2) is 0 Å². The van der Waals surface area contributed by atoms with E-state index in [4.69, 9.17) is 16.3 Å². The van der Waals surface area contributed by atoms with Gasteiger partial charge < -0.3 is 20.3 Å². The van der Waals surface area contributed by atoms with Crippen LogP contribution in [0.2, 0.25) is 5.02 Å². The van der Waals surface area contributed by atoms with E-state index in [1.54, 1.807) is 17.0 Å². The first-order valence-electron chi connectivity index (χ1n) is 13.9. The highest BCUT2D eigenvalue weighted by atomic mass is 35.5. The van der Waals surface area contributed by atoms with Gasteiger partial charge in [0.05, 0.1) is 17.9 Å². The molecule has 8 heteroatoms. The van der Waals surface area contributed by atoms with Crippen LogP contribution >= 0.6 is 11.6 Å². The molecule has 4 aliphatic rings. The molecule has 3 aliphatic heterocycles. The average molecular weight is 548 g/mol. The zero-order valence-corrected chi connectivity index (χ0v) is 23.0. The number of likely N-dealkylation sites (tertiary alicyclic amines) is 1. The lowest BCUT2D eigenvalue weighted by molar-refractivity contribution is -0.142. The molecule has 2 N–H and O–H groups in total. The quantitative estimate of drug-likeness (QED) is 0.513. The number of hydrogen-bond donors (Lipinski definition) is 2. The molecule has 0 unspecified atom stereocenters. The van der Waals surface area contributed by atoms with Crippen molar-refractivity contribution >= 4 is 35.0 Å². The van der Waals surface area contributed by atoms with E-state index < -0.39 is 29.6 Å². The van der Waals surface area contributed by atoms with Crippen LogP contribution in [0.15, 0.2) is 54.6 Å². The Morgan fingerprint density at radius 3 is 2.51 bits per heavy atom. The Labute approximate surface area is 233 Å². The number of carbonyl (C=O) groups is 3. The monoisotopic (exact) mass is 547 g/mol. The van der Waals surface area contributed by atoms with Crippen LogP contribution in [0.1, 0.15) is 48.8 Å². The zero-order chi connectivity index (χ0) is 27.3. The third kappa shape index (κ3) is 4.55. The molecular weight excluding hydrogens is 514 g/mol. The second kappa shape index (κ2) is 10.1. The summed E-state index contributed by atoms with van der Waals surface area (Å²) in [5.41, 5.74) is 2.33. The Morgan fingerprint density at radius 2 is 1.79 bits per heavy atom. The standard InChI is InChI=1S/C31H34ClN3O4/c1-18-8-11-20(12-9-18)17-35-27(29(37)33-21-6-4-3-5-7-21)31-15-14-24(39-31)25(26(31)30(35)38)28(36)34-22-13-10-19(2)23(32)16-22/h8-16,21,24-27H,3-7,17H2,1-2H3,(H,33,37)(H,34,36)/t24-,25+,26-,27-,31+/m1/s1. The Bertz CT molecular complexity index is 1340. The van der Waals surface area contributed by atoms with E-state index in [0.29, 0.717) is 10.7 Å². The third-order valence-electron chi connectivity index (χ3n) is 8.79. The highest BCUT2D eigenvalue weighted by Crippen LogP contribution is 2.55. The van der Waals surface area contributed by atoms with E-state index in [-0.39, 0.29) is 30.3 Å². The minimum absolute atomic E-state index is 0.0889. The van der Waals surface area contributed by atoms with Crippen molar-refractivity contribution in [2.24, 2.45) is 11.8 Å². The summed E-state index contributed by atoms with van der Waals surface area (Å²) in [7, 11) is 0. The predicted octanol–water partition coefficient (Wildman–Crippen LogP) is 4.70. The average Bonchev–Trinajstić information content (AvgIpc) is 3.56. The SMILES string of the molecule is Cc1ccc(CN2C(=O)[C@H]3[C@@H](C(=O)Nc4ccc(C)c(Cl)c4)[C@H]4C=C[C@@]3(O4)[C@H]2C(=O)NC2CCCCC2)cc1. The number of anilines is 1. The number of benzene rings is 2. The summed E-state index contributed by atoms with van der Waals surface area (Å²) >= 11 is 6.28. The lowest BCUT2D eigenvalue weighted by Crippen LogP contribution is -2.56. The van der Waals surface area contributed by atoms with Crippen LogP contribution in [0.25, 0.3) is 0 Å². The van der Waals surface area contributed by atoms with Gasteiger partial charge in [-0.2, -0.15) is 0 Å². The summed E-state index contributed by atoms with van der Waals surface area (Å²) < 4.78 is 6.46. The minimum Gasteiger partial charge on any atom is -0.359 e. The molecular formula is C31H34ClN3O4. The van der Waals surface area contributed by atoms with Gasteiger partial charge in [-0.05, 0) is 49.9 Å². The van der Waals surface area contributed by atoms with Gasteiger partial charge in [0.15, 0.2) is 0 Å². The highest BCUT2D eigenvalue weighted by molar-refractivity contribution is 6.31. The largest absolute Gasteiger partial charge is 0.359 e. The molecule has 0 aromatic heterocycles. The summed E-state index contributed by atoms with van der Waals surface area (Å²) in [6.07, 6.45) is 8.33. The van der Waals surface area contributed by atoms with E-state index in [2.05, 4.69) is 10.6 Å². The maximum atomic E-state index is 14.1. The lowest BCUT2D eigenvalue weighted by Gasteiger charge is -2.34. The topological polar surface area (TPSA) is 87.7 Å². The predicted molar refractivity (Wildman–Crippen MR) is 149 cm³/mol. The van der Waals surface area contributed by atoms with Gasteiger partial charge in [-0.3, -0.25) is 14.4 Å². The van der Waals surface area contributed by atoms with Crippen molar-refractivity contribution in [3.63, 3.8) is 0 Å². The molecule has 0 radical (unpaired) electrons. The number of halogens is 1. The molecule has 1 aliphatic carbocycles. The molecule has 2 saturated heterocycles. The second-order valence-electron chi connectivity index (χ2n) is 11.4. The van der Waals surface area contributed by atoms with Crippen LogP contribution < -0.4 is 10.6 Å². The second-order valence-corrected chi connectivity index (χ2v) is 11.9. The Kier molecular flexibility index (Phi) is 6.76. The van der Waals surface area contributed by atoms with Crippen LogP contribution in [0.4, 0.5) is 5.69 Å². The first-order valence-corrected chi connectivity index (χ1v) is 14.3. The molecule has 1 spiro atoms. The van der Waals surface area contributed by atoms with Gasteiger partial charge in [0.2, 0.25) is 17.7 Å². The van der Waals surface area contributed by atoms with Crippen molar-refractivity contribution < 1.29 is 19.1 Å². The number of carbonyl (C=O) groups excluding carboxylic acids is 3. The van der Waals surface area contributed by atoms with Gasteiger partial charge in [0.1, 0.15) is 11.6 Å². The molecule has 39 heavy (non-hydrogen) atoms. The molecule has 6 rings (SSSR count). The summed E-state index contributed by atoms with van der Waals surface area (Å²) in [5, 5.41) is 6.72. The third-order valence-corrected chi connectivity index (χ3v) is 9.20. The van der Waals surface area contributed by atoms with Crippen molar-refractivity contribution in [3.05, 3.63) is 76.3 Å². The van der Waals surface area contributed by atoms with Crippen LogP contribution in [-0.4, -0.2) is 46.4 Å². The van der Waals surface area contributed by atoms with E-state index in [0.717, 1.165) is 42.4 Å². The molecule has 1 saturated carbocycles. The van der Waals surface area contributed by atoms with Gasteiger partial charge in [0.25, 0.3) is 0 Å². The number of rotatable bonds is 6. The Morgan fingerprint density at radius 1 is 1.05 bits per heavy atom. The van der Waals surface area contributed by atoms with Gasteiger partial charge in [0, 0.05) is 23.3 Å². The summed E-state index contributed by atoms with van der Waals surface area (Å²) in [6, 6.07) is 12.5. The van der Waals surface area contributed by atoms with Crippen molar-refractivity contribution in [2.75, 3.05) is 5.32 Å². The fourth-order valence-corrected chi connectivity index (χ4v) is 6.93. The number of nitrogens with zero attached hydrogens (tertiary/aromatic N) is 1. The van der Waals surface area contributed by atoms with Gasteiger partial charge in [-0.15, -0.1) is 0 Å². The lowest BCUT2D eigenvalue weighted by atomic mass is 9.74. The molecule has 3 amide bonds. The number of amides is 3. The van der Waals surface area contributed by atoms with E-state index >= 15 is 0 Å². The Hall–Kier alpha value is -3.16. The molecule has 2 bridgehead atoms. The smallest absolute Gasteiger partial charge is 0.246 e. The molecule has 7 nitrogen and oxygen atoms in total. The maximum Gasteiger partial charge on any atom is 0.246 e. The number of ether oxygens (including phenoxy) is 1. The van der Waals surface area contributed by atoms with Crippen LogP contribution in [-0.2, 0) is 25.7 Å². The molecule has 3 heterocycles. The van der Waals surface area contributed by atoms with Crippen molar-refractivity contribution in [1.29, 1.82) is 0 Å². The fraction of sp³-hybridized carbons (Fsp3) is 0.452. The van der Waals surface area contributed by atoms with Crippen LogP contribution in [0.5, 0.6) is 0 Å². The summed E-state index contributed by atoms with van der Waals surface area (Å²) in [5.74, 6) is -2.29. The minimum atomic E-state index is -1.18. The molecule has 2 aromatic carbocycles. The van der Waals surface area contributed by atoms with E-state index in [1.807, 2.05) is 56.3 Å². The first-order chi connectivity index (χ1) is 18.8. The molecule has 5 atom stereocenters. The fourth-order valence-electron chi connectivity index (χ4n) is 6.75. The van der Waals surface area contributed by atoms with E-state index in [9.17, 15) is 14.4 Å². The first kappa shape index (κ1) is 26.1. The Balaban J connectivity index is 1.32. The van der Waals surface area contributed by atoms with Crippen molar-refractivity contribution in [3.8, 4) is 0 Å². The van der Waals surface area contributed by atoms with Crippen LogP contribution in [0.3, 0.4) is 0 Å². The molecule has 3 fully saturated rings. The van der Waals surface area contributed by atoms with Crippen LogP contribution in [0, 0.1) is 25.7 Å².